The van der Waals surface area contributed by atoms with E-state index in [1.165, 1.54) is 6.42 Å². The van der Waals surface area contributed by atoms with E-state index >= 15 is 0 Å². The van der Waals surface area contributed by atoms with E-state index in [0.717, 1.165) is 24.0 Å². The lowest BCUT2D eigenvalue weighted by Crippen LogP contribution is -2.37. The molecule has 2 unspecified atom stereocenters. The molecule has 1 aliphatic heterocycles. The summed E-state index contributed by atoms with van der Waals surface area (Å²) in [4.78, 5) is 0.429. The van der Waals surface area contributed by atoms with Gasteiger partial charge in [0, 0.05) is 18.5 Å². The summed E-state index contributed by atoms with van der Waals surface area (Å²) in [5.74, 6) is 0.908. The van der Waals surface area contributed by atoms with Crippen LogP contribution in [0.4, 0.5) is 0 Å². The number of hydrogen-bond donors (Lipinski definition) is 0. The van der Waals surface area contributed by atoms with E-state index in [-0.39, 0.29) is 6.04 Å². The lowest BCUT2D eigenvalue weighted by Gasteiger charge is -2.27. The molecule has 1 aliphatic carbocycles. The van der Waals surface area contributed by atoms with Gasteiger partial charge in [-0.15, -0.1) is 11.6 Å². The normalized spacial score (nSPS) is 27.1. The number of halogens is 1. The Morgan fingerprint density at radius 3 is 2.74 bits per heavy atom. The van der Waals surface area contributed by atoms with Crippen LogP contribution in [0.2, 0.25) is 0 Å². The number of nitrogens with zero attached hydrogens (tertiary/aromatic N) is 1. The van der Waals surface area contributed by atoms with Crippen LogP contribution in [0.5, 0.6) is 0 Å². The first-order chi connectivity index (χ1) is 9.02. The fraction of sp³-hybridized carbons (Fsp3) is 0.571. The number of alkyl halides is 1. The highest BCUT2D eigenvalue weighted by molar-refractivity contribution is 7.89. The molecular weight excluding hydrogens is 282 g/mol. The quantitative estimate of drug-likeness (QED) is 0.805. The molecule has 3 rings (SSSR count). The molecule has 2 fully saturated rings. The summed E-state index contributed by atoms with van der Waals surface area (Å²) < 4.78 is 27.3. The van der Waals surface area contributed by atoms with Crippen molar-refractivity contribution in [3.8, 4) is 0 Å². The summed E-state index contributed by atoms with van der Waals surface area (Å²) in [6.07, 6.45) is 3.23. The van der Waals surface area contributed by atoms with Crippen LogP contribution in [-0.2, 0) is 15.9 Å². The number of aryl methyl sites for hydroxylation is 1. The van der Waals surface area contributed by atoms with Gasteiger partial charge >= 0.3 is 0 Å². The first kappa shape index (κ1) is 13.4. The Hall–Kier alpha value is -0.580. The van der Waals surface area contributed by atoms with Gasteiger partial charge in [-0.1, -0.05) is 12.1 Å². The molecule has 0 amide bonds. The van der Waals surface area contributed by atoms with Gasteiger partial charge in [0.15, 0.2) is 0 Å². The van der Waals surface area contributed by atoms with E-state index in [2.05, 4.69) is 0 Å². The van der Waals surface area contributed by atoms with E-state index in [4.69, 9.17) is 11.6 Å². The van der Waals surface area contributed by atoms with Crippen LogP contribution in [0.25, 0.3) is 0 Å². The first-order valence-corrected chi connectivity index (χ1v) is 8.67. The zero-order valence-corrected chi connectivity index (χ0v) is 12.5. The fourth-order valence-electron chi connectivity index (χ4n) is 3.31. The van der Waals surface area contributed by atoms with Crippen molar-refractivity contribution in [1.29, 1.82) is 0 Å². The Bertz CT molecular complexity index is 599. The zero-order valence-electron chi connectivity index (χ0n) is 11.0. The smallest absolute Gasteiger partial charge is 0.207 e. The highest BCUT2D eigenvalue weighted by atomic mass is 35.5. The molecule has 2 bridgehead atoms. The van der Waals surface area contributed by atoms with E-state index in [9.17, 15) is 8.42 Å². The number of sulfonamides is 1. The zero-order chi connectivity index (χ0) is 13.6. The summed E-state index contributed by atoms with van der Waals surface area (Å²) in [6, 6.07) is 5.68. The number of fused-ring (bicyclic) bond motifs is 2. The molecule has 1 saturated carbocycles. The second-order valence-corrected chi connectivity index (χ2v) is 7.77. The highest BCUT2D eigenvalue weighted by Gasteiger charge is 2.44. The van der Waals surface area contributed by atoms with Crippen molar-refractivity contribution in [2.75, 3.05) is 6.54 Å². The van der Waals surface area contributed by atoms with Gasteiger partial charge in [0.1, 0.15) is 0 Å². The van der Waals surface area contributed by atoms with Crippen LogP contribution >= 0.6 is 11.6 Å². The van der Waals surface area contributed by atoms with Gasteiger partial charge in [-0.05, 0) is 49.3 Å². The van der Waals surface area contributed by atoms with Gasteiger partial charge in [0.25, 0.3) is 0 Å². The average molecular weight is 300 g/mol. The molecule has 0 spiro atoms. The van der Waals surface area contributed by atoms with Crippen LogP contribution in [0.1, 0.15) is 30.4 Å². The maximum absolute atomic E-state index is 12.8. The molecule has 0 N–H and O–H groups in total. The minimum absolute atomic E-state index is 0.217. The third kappa shape index (κ3) is 2.20. The highest BCUT2D eigenvalue weighted by Crippen LogP contribution is 2.40. The molecule has 1 heterocycles. The van der Waals surface area contributed by atoms with E-state index in [0.29, 0.717) is 23.2 Å². The second-order valence-electron chi connectivity index (χ2n) is 5.64. The third-order valence-corrected chi connectivity index (χ3v) is 6.72. The predicted octanol–water partition coefficient (Wildman–Crippen LogP) is 2.91. The maximum atomic E-state index is 12.8. The topological polar surface area (TPSA) is 37.4 Å². The third-order valence-electron chi connectivity index (χ3n) is 4.35. The molecular formula is C14H18ClNO2S. The van der Waals surface area contributed by atoms with Crippen molar-refractivity contribution in [2.24, 2.45) is 5.92 Å². The van der Waals surface area contributed by atoms with Crippen LogP contribution < -0.4 is 0 Å². The Kier molecular flexibility index (Phi) is 3.36. The molecule has 2 aliphatic rings. The molecule has 0 radical (unpaired) electrons. The molecule has 1 saturated heterocycles. The fourth-order valence-corrected chi connectivity index (χ4v) is 5.49. The Balaban J connectivity index is 2.00. The molecule has 104 valence electrons. The lowest BCUT2D eigenvalue weighted by atomic mass is 10.1. The standard InChI is InChI=1S/C14H18ClNO2S/c1-10-2-3-11(8-15)7-14(10)19(17,18)16-9-12-4-5-13(16)6-12/h2-3,7,12-13H,4-6,8-9H2,1H3. The Morgan fingerprint density at radius 1 is 1.37 bits per heavy atom. The lowest BCUT2D eigenvalue weighted by molar-refractivity contribution is 0.333. The molecule has 5 heteroatoms. The number of hydrogen-bond acceptors (Lipinski definition) is 2. The minimum atomic E-state index is -3.36. The monoisotopic (exact) mass is 299 g/mol. The van der Waals surface area contributed by atoms with Crippen molar-refractivity contribution in [1.82, 2.24) is 4.31 Å². The van der Waals surface area contributed by atoms with Crippen molar-refractivity contribution in [2.45, 2.75) is 43.0 Å². The summed E-state index contributed by atoms with van der Waals surface area (Å²) in [6.45, 7) is 2.54. The van der Waals surface area contributed by atoms with E-state index < -0.39 is 10.0 Å². The van der Waals surface area contributed by atoms with Crippen LogP contribution in [0.15, 0.2) is 23.1 Å². The van der Waals surface area contributed by atoms with Gasteiger partial charge in [-0.3, -0.25) is 0 Å². The minimum Gasteiger partial charge on any atom is -0.207 e. The molecule has 2 atom stereocenters. The van der Waals surface area contributed by atoms with Crippen LogP contribution in [-0.4, -0.2) is 25.3 Å². The summed E-state index contributed by atoms with van der Waals surface area (Å²) in [5.41, 5.74) is 1.66. The molecule has 1 aromatic carbocycles. The Labute approximate surface area is 119 Å². The van der Waals surface area contributed by atoms with Crippen molar-refractivity contribution < 1.29 is 8.42 Å². The molecule has 19 heavy (non-hydrogen) atoms. The molecule has 1 aromatic rings. The van der Waals surface area contributed by atoms with Gasteiger partial charge < -0.3 is 0 Å². The SMILES string of the molecule is Cc1ccc(CCl)cc1S(=O)(=O)N1CC2CCC1C2. The summed E-state index contributed by atoms with van der Waals surface area (Å²) >= 11 is 5.82. The molecule has 3 nitrogen and oxygen atoms in total. The largest absolute Gasteiger partial charge is 0.243 e. The van der Waals surface area contributed by atoms with E-state index in [1.54, 1.807) is 10.4 Å². The maximum Gasteiger partial charge on any atom is 0.243 e. The molecule has 0 aromatic heterocycles. The van der Waals surface area contributed by atoms with Crippen LogP contribution in [0, 0.1) is 12.8 Å². The number of benzene rings is 1. The van der Waals surface area contributed by atoms with Crippen LogP contribution in [0.3, 0.4) is 0 Å². The second kappa shape index (κ2) is 4.76. The Morgan fingerprint density at radius 2 is 2.16 bits per heavy atom. The number of rotatable bonds is 3. The van der Waals surface area contributed by atoms with Gasteiger partial charge in [-0.2, -0.15) is 4.31 Å². The van der Waals surface area contributed by atoms with Gasteiger partial charge in [0.05, 0.1) is 4.90 Å². The first-order valence-electron chi connectivity index (χ1n) is 6.69. The van der Waals surface area contributed by atoms with Gasteiger partial charge in [-0.25, -0.2) is 8.42 Å². The van der Waals surface area contributed by atoms with Crippen molar-refractivity contribution in [3.63, 3.8) is 0 Å². The number of piperidine rings is 1. The van der Waals surface area contributed by atoms with Crippen molar-refractivity contribution in [3.05, 3.63) is 29.3 Å². The van der Waals surface area contributed by atoms with E-state index in [1.807, 2.05) is 19.1 Å². The average Bonchev–Trinajstić information content (AvgIpc) is 3.01. The summed E-state index contributed by atoms with van der Waals surface area (Å²) in [5, 5.41) is 0. The van der Waals surface area contributed by atoms with Crippen molar-refractivity contribution >= 4 is 21.6 Å². The predicted molar refractivity (Wildman–Crippen MR) is 75.8 cm³/mol. The van der Waals surface area contributed by atoms with Gasteiger partial charge in [0.2, 0.25) is 10.0 Å². The summed E-state index contributed by atoms with van der Waals surface area (Å²) in [7, 11) is -3.36.